The Balaban J connectivity index is 1.12. The molecule has 51 heavy (non-hydrogen) atoms. The quantitative estimate of drug-likeness (QED) is 0.183. The molecule has 3 aliphatic rings. The lowest BCUT2D eigenvalue weighted by atomic mass is 9.64. The van der Waals surface area contributed by atoms with Gasteiger partial charge in [-0.15, -0.1) is 0 Å². The number of rotatable bonds is 4. The van der Waals surface area contributed by atoms with Gasteiger partial charge in [-0.1, -0.05) is 146 Å². The fourth-order valence-corrected chi connectivity index (χ4v) is 9.09. The van der Waals surface area contributed by atoms with Gasteiger partial charge < -0.3 is 4.90 Å². The molecule has 0 bridgehead atoms. The average Bonchev–Trinajstić information content (AvgIpc) is 3.50. The molecular weight excluding hydrogens is 615 g/mol. The second-order valence-corrected chi connectivity index (χ2v) is 14.0. The van der Waals surface area contributed by atoms with Gasteiger partial charge >= 0.3 is 0 Å². The zero-order valence-corrected chi connectivity index (χ0v) is 28.7. The lowest BCUT2D eigenvalue weighted by molar-refractivity contribution is 0.752. The molecule has 0 aromatic heterocycles. The van der Waals surface area contributed by atoms with Crippen LogP contribution in [0, 0.1) is 6.92 Å². The summed E-state index contributed by atoms with van der Waals surface area (Å²) in [5, 5.41) is 0. The summed E-state index contributed by atoms with van der Waals surface area (Å²) in [4.78, 5) is 2.45. The topological polar surface area (TPSA) is 3.24 Å². The van der Waals surface area contributed by atoms with Crippen LogP contribution in [-0.4, -0.2) is 0 Å². The van der Waals surface area contributed by atoms with E-state index >= 15 is 0 Å². The number of para-hydroxylation sites is 3. The van der Waals surface area contributed by atoms with Gasteiger partial charge in [0.2, 0.25) is 0 Å². The maximum atomic E-state index is 2.49. The standard InChI is InChI=1S/C50H37N/c1-34-14-12-23-46-49(34)42-33-40(37-28-26-36(27-29-37)39-18-13-17-38(32-39)35-15-4-2-5-16-35)30-31-43(42)50(46)44-21-8-10-24-47(44)51(41-19-6-3-7-20-41)48-25-11-9-22-45(48)50/h2-26,28,30-33H,27,29H2,1H3. The van der Waals surface area contributed by atoms with E-state index in [1.807, 2.05) is 0 Å². The first kappa shape index (κ1) is 29.7. The predicted octanol–water partition coefficient (Wildman–Crippen LogP) is 13.1. The minimum absolute atomic E-state index is 0.425. The lowest BCUT2D eigenvalue weighted by Crippen LogP contribution is -2.36. The van der Waals surface area contributed by atoms with Crippen LogP contribution in [-0.2, 0) is 5.41 Å². The Labute approximate surface area is 300 Å². The largest absolute Gasteiger partial charge is 0.310 e. The number of hydrogen-bond acceptors (Lipinski definition) is 1. The van der Waals surface area contributed by atoms with Crippen LogP contribution < -0.4 is 4.90 Å². The Bertz CT molecular complexity index is 2490. The maximum absolute atomic E-state index is 2.49. The summed E-state index contributed by atoms with van der Waals surface area (Å²) in [5.41, 5.74) is 20.6. The zero-order valence-electron chi connectivity index (χ0n) is 28.7. The van der Waals surface area contributed by atoms with E-state index in [1.165, 1.54) is 89.4 Å². The van der Waals surface area contributed by atoms with Crippen LogP contribution in [0.2, 0.25) is 0 Å². The molecule has 0 atom stereocenters. The number of allylic oxidation sites excluding steroid dienone is 4. The number of aryl methyl sites for hydroxylation is 1. The van der Waals surface area contributed by atoms with Crippen molar-refractivity contribution in [2.24, 2.45) is 0 Å². The van der Waals surface area contributed by atoms with Crippen molar-refractivity contribution >= 4 is 28.2 Å². The van der Waals surface area contributed by atoms with Gasteiger partial charge in [-0.25, -0.2) is 0 Å². The summed E-state index contributed by atoms with van der Waals surface area (Å²) < 4.78 is 0. The van der Waals surface area contributed by atoms with E-state index in [-0.39, 0.29) is 0 Å². The van der Waals surface area contributed by atoms with Crippen molar-refractivity contribution in [1.82, 2.24) is 0 Å². The van der Waals surface area contributed by atoms with E-state index in [0.717, 1.165) is 12.8 Å². The van der Waals surface area contributed by atoms with Gasteiger partial charge in [-0.3, -0.25) is 0 Å². The van der Waals surface area contributed by atoms with E-state index in [4.69, 9.17) is 0 Å². The van der Waals surface area contributed by atoms with Gasteiger partial charge in [0.05, 0.1) is 16.8 Å². The Morgan fingerprint density at radius 1 is 0.431 bits per heavy atom. The predicted molar refractivity (Wildman–Crippen MR) is 214 cm³/mol. The molecule has 0 N–H and O–H groups in total. The van der Waals surface area contributed by atoms with Crippen LogP contribution in [0.1, 0.15) is 51.8 Å². The number of fused-ring (bicyclic) bond motifs is 9. The lowest BCUT2D eigenvalue weighted by Gasteiger charge is -2.45. The SMILES string of the molecule is Cc1cccc2c1-c1cc(C3=CC=C(c4cccc(-c5ccccc5)c4)CC3)ccc1C21c2ccccc2N(c2ccccc2)c2ccccc21. The summed E-state index contributed by atoms with van der Waals surface area (Å²) in [6, 6.07) is 62.8. The highest BCUT2D eigenvalue weighted by Gasteiger charge is 2.52. The molecule has 0 unspecified atom stereocenters. The maximum Gasteiger partial charge on any atom is 0.0754 e. The molecule has 7 aromatic rings. The highest BCUT2D eigenvalue weighted by Crippen LogP contribution is 2.64. The van der Waals surface area contributed by atoms with Gasteiger partial charge in [0.15, 0.2) is 0 Å². The van der Waals surface area contributed by atoms with E-state index < -0.39 is 5.41 Å². The molecule has 0 fully saturated rings. The number of anilines is 3. The minimum Gasteiger partial charge on any atom is -0.310 e. The molecule has 1 spiro atoms. The highest BCUT2D eigenvalue weighted by molar-refractivity contribution is 5.97. The molecular formula is C50H37N. The van der Waals surface area contributed by atoms with Crippen molar-refractivity contribution in [2.45, 2.75) is 25.2 Å². The molecule has 1 nitrogen and oxygen atoms in total. The van der Waals surface area contributed by atoms with Gasteiger partial charge in [0.1, 0.15) is 0 Å². The van der Waals surface area contributed by atoms with Crippen molar-refractivity contribution in [3.63, 3.8) is 0 Å². The van der Waals surface area contributed by atoms with E-state index in [2.05, 4.69) is 194 Å². The van der Waals surface area contributed by atoms with Gasteiger partial charge in [0.25, 0.3) is 0 Å². The summed E-state index contributed by atoms with van der Waals surface area (Å²) in [5.74, 6) is 0. The molecule has 2 aliphatic carbocycles. The van der Waals surface area contributed by atoms with Crippen molar-refractivity contribution in [1.29, 1.82) is 0 Å². The summed E-state index contributed by atoms with van der Waals surface area (Å²) in [6.45, 7) is 2.28. The second-order valence-electron chi connectivity index (χ2n) is 14.0. The summed E-state index contributed by atoms with van der Waals surface area (Å²) in [7, 11) is 0. The fourth-order valence-electron chi connectivity index (χ4n) is 9.09. The first-order valence-corrected chi connectivity index (χ1v) is 18.1. The van der Waals surface area contributed by atoms with Crippen molar-refractivity contribution < 1.29 is 0 Å². The fraction of sp³-hybridized carbons (Fsp3) is 0.0800. The third-order valence-corrected chi connectivity index (χ3v) is 11.3. The second kappa shape index (κ2) is 11.7. The van der Waals surface area contributed by atoms with Crippen molar-refractivity contribution in [3.05, 3.63) is 221 Å². The van der Waals surface area contributed by atoms with E-state index in [0.29, 0.717) is 0 Å². The van der Waals surface area contributed by atoms with E-state index in [9.17, 15) is 0 Å². The van der Waals surface area contributed by atoms with Crippen LogP contribution >= 0.6 is 0 Å². The Kier molecular flexibility index (Phi) is 6.82. The molecule has 242 valence electrons. The number of benzene rings is 7. The highest BCUT2D eigenvalue weighted by atomic mass is 15.2. The Morgan fingerprint density at radius 2 is 0.980 bits per heavy atom. The molecule has 1 aliphatic heterocycles. The average molecular weight is 652 g/mol. The first-order chi connectivity index (χ1) is 25.2. The molecule has 1 heteroatoms. The number of hydrogen-bond donors (Lipinski definition) is 0. The monoisotopic (exact) mass is 651 g/mol. The van der Waals surface area contributed by atoms with Gasteiger partial charge in [0, 0.05) is 5.69 Å². The molecule has 7 aromatic carbocycles. The molecule has 0 saturated carbocycles. The Morgan fingerprint density at radius 3 is 1.67 bits per heavy atom. The normalized spacial score (nSPS) is 15.0. The molecule has 0 radical (unpaired) electrons. The third kappa shape index (κ3) is 4.48. The van der Waals surface area contributed by atoms with Crippen LogP contribution in [0.3, 0.4) is 0 Å². The summed E-state index contributed by atoms with van der Waals surface area (Å²) >= 11 is 0. The van der Waals surface area contributed by atoms with Gasteiger partial charge in [-0.05, 0) is 129 Å². The van der Waals surface area contributed by atoms with Crippen molar-refractivity contribution in [2.75, 3.05) is 4.90 Å². The minimum atomic E-state index is -0.425. The van der Waals surface area contributed by atoms with Crippen LogP contribution in [0.25, 0.3) is 33.4 Å². The number of nitrogens with zero attached hydrogens (tertiary/aromatic N) is 1. The molecule has 0 saturated heterocycles. The van der Waals surface area contributed by atoms with Crippen molar-refractivity contribution in [3.8, 4) is 22.3 Å². The molecule has 10 rings (SSSR count). The first-order valence-electron chi connectivity index (χ1n) is 18.1. The van der Waals surface area contributed by atoms with E-state index in [1.54, 1.807) is 0 Å². The molecule has 0 amide bonds. The van der Waals surface area contributed by atoms with Crippen LogP contribution in [0.5, 0.6) is 0 Å². The van der Waals surface area contributed by atoms with Crippen LogP contribution in [0.4, 0.5) is 17.1 Å². The Hall–Kier alpha value is -6.18. The summed E-state index contributed by atoms with van der Waals surface area (Å²) in [6.07, 6.45) is 6.76. The zero-order chi connectivity index (χ0) is 33.9. The van der Waals surface area contributed by atoms with Gasteiger partial charge in [-0.2, -0.15) is 0 Å². The smallest absolute Gasteiger partial charge is 0.0754 e. The third-order valence-electron chi connectivity index (χ3n) is 11.3. The van der Waals surface area contributed by atoms with Crippen LogP contribution in [0.15, 0.2) is 182 Å². The molecule has 1 heterocycles.